The number of hydrogen-bond acceptors (Lipinski definition) is 2. The lowest BCUT2D eigenvalue weighted by molar-refractivity contribution is 0.222. The van der Waals surface area contributed by atoms with Crippen molar-refractivity contribution in [2.24, 2.45) is 5.92 Å². The molecule has 1 aromatic rings. The highest BCUT2D eigenvalue weighted by Gasteiger charge is 2.02. The Kier molecular flexibility index (Phi) is 3.25. The normalized spacial score (nSPS) is 12.8. The van der Waals surface area contributed by atoms with Crippen LogP contribution in [0.5, 0.6) is 0 Å². The molecule has 0 saturated heterocycles. The van der Waals surface area contributed by atoms with Crippen molar-refractivity contribution in [1.82, 2.24) is 4.57 Å². The number of aliphatic hydroxyl groups excluding tert-OH is 1. The summed E-state index contributed by atoms with van der Waals surface area (Å²) in [4.78, 5) is 11.4. The average molecular weight is 181 g/mol. The summed E-state index contributed by atoms with van der Waals surface area (Å²) in [6.45, 7) is 4.49. The average Bonchev–Trinajstić information content (AvgIpc) is 2.09. The van der Waals surface area contributed by atoms with Crippen molar-refractivity contribution in [2.45, 2.75) is 20.4 Å². The van der Waals surface area contributed by atoms with E-state index in [4.69, 9.17) is 5.11 Å². The van der Waals surface area contributed by atoms with Crippen molar-refractivity contribution in [3.63, 3.8) is 0 Å². The molecule has 13 heavy (non-hydrogen) atoms. The van der Waals surface area contributed by atoms with Gasteiger partial charge in [0.1, 0.15) is 0 Å². The fourth-order valence-corrected chi connectivity index (χ4v) is 1.15. The first-order valence-corrected chi connectivity index (χ1v) is 4.41. The van der Waals surface area contributed by atoms with Crippen LogP contribution in [0, 0.1) is 12.8 Å². The van der Waals surface area contributed by atoms with Crippen LogP contribution in [0.25, 0.3) is 0 Å². The Morgan fingerprint density at radius 1 is 1.62 bits per heavy atom. The van der Waals surface area contributed by atoms with E-state index < -0.39 is 0 Å². The maximum Gasteiger partial charge on any atom is 0.250 e. The minimum absolute atomic E-state index is 0.000278. The minimum Gasteiger partial charge on any atom is -0.396 e. The van der Waals surface area contributed by atoms with Gasteiger partial charge >= 0.3 is 0 Å². The summed E-state index contributed by atoms with van der Waals surface area (Å²) < 4.78 is 1.62. The van der Waals surface area contributed by atoms with Gasteiger partial charge in [-0.2, -0.15) is 0 Å². The molecule has 0 aliphatic rings. The molecule has 0 spiro atoms. The first-order valence-electron chi connectivity index (χ1n) is 4.41. The van der Waals surface area contributed by atoms with Crippen molar-refractivity contribution in [1.29, 1.82) is 0 Å². The monoisotopic (exact) mass is 181 g/mol. The topological polar surface area (TPSA) is 42.2 Å². The van der Waals surface area contributed by atoms with Gasteiger partial charge in [-0.05, 0) is 24.5 Å². The quantitative estimate of drug-likeness (QED) is 0.749. The molecule has 1 unspecified atom stereocenters. The van der Waals surface area contributed by atoms with E-state index in [0.717, 1.165) is 5.56 Å². The molecule has 1 N–H and O–H groups in total. The summed E-state index contributed by atoms with van der Waals surface area (Å²) in [7, 11) is 0. The van der Waals surface area contributed by atoms with Gasteiger partial charge in [0, 0.05) is 25.4 Å². The third-order valence-corrected chi connectivity index (χ3v) is 1.97. The van der Waals surface area contributed by atoms with Crippen molar-refractivity contribution in [2.75, 3.05) is 6.61 Å². The Hall–Kier alpha value is -1.09. The second-order valence-electron chi connectivity index (χ2n) is 3.48. The fourth-order valence-electron chi connectivity index (χ4n) is 1.15. The van der Waals surface area contributed by atoms with Crippen LogP contribution >= 0.6 is 0 Å². The van der Waals surface area contributed by atoms with Gasteiger partial charge in [0.2, 0.25) is 0 Å². The zero-order valence-electron chi connectivity index (χ0n) is 8.03. The Labute approximate surface area is 77.6 Å². The molecular formula is C10H15NO2. The van der Waals surface area contributed by atoms with E-state index >= 15 is 0 Å². The molecule has 0 aliphatic heterocycles. The van der Waals surface area contributed by atoms with Gasteiger partial charge < -0.3 is 9.67 Å². The third kappa shape index (κ3) is 2.70. The van der Waals surface area contributed by atoms with Gasteiger partial charge in [-0.15, -0.1) is 0 Å². The lowest BCUT2D eigenvalue weighted by Crippen LogP contribution is -2.23. The summed E-state index contributed by atoms with van der Waals surface area (Å²) in [6, 6.07) is 3.50. The van der Waals surface area contributed by atoms with E-state index in [-0.39, 0.29) is 18.1 Å². The molecule has 0 bridgehead atoms. The second kappa shape index (κ2) is 4.23. The van der Waals surface area contributed by atoms with Gasteiger partial charge in [0.15, 0.2) is 0 Å². The molecule has 0 radical (unpaired) electrons. The number of pyridine rings is 1. The highest BCUT2D eigenvalue weighted by atomic mass is 16.3. The molecule has 1 heterocycles. The highest BCUT2D eigenvalue weighted by Crippen LogP contribution is 1.97. The maximum absolute atomic E-state index is 11.4. The second-order valence-corrected chi connectivity index (χ2v) is 3.48. The molecule has 0 aliphatic carbocycles. The van der Waals surface area contributed by atoms with Crippen LogP contribution in [0.2, 0.25) is 0 Å². The van der Waals surface area contributed by atoms with Gasteiger partial charge in [-0.3, -0.25) is 4.79 Å². The van der Waals surface area contributed by atoms with Crippen LogP contribution in [0.3, 0.4) is 0 Å². The lowest BCUT2D eigenvalue weighted by Gasteiger charge is -2.10. The highest BCUT2D eigenvalue weighted by molar-refractivity contribution is 5.07. The summed E-state index contributed by atoms with van der Waals surface area (Å²) in [5, 5.41) is 8.83. The molecule has 1 rings (SSSR count). The van der Waals surface area contributed by atoms with Gasteiger partial charge in [-0.1, -0.05) is 6.92 Å². The van der Waals surface area contributed by atoms with E-state index in [1.54, 1.807) is 16.8 Å². The number of aryl methyl sites for hydroxylation is 1. The van der Waals surface area contributed by atoms with E-state index in [1.807, 2.05) is 19.9 Å². The number of nitrogens with zero attached hydrogens (tertiary/aromatic N) is 1. The molecule has 1 atom stereocenters. The molecule has 3 nitrogen and oxygen atoms in total. The zero-order valence-corrected chi connectivity index (χ0v) is 8.03. The molecule has 0 fully saturated rings. The molecule has 72 valence electrons. The van der Waals surface area contributed by atoms with Crippen LogP contribution in [0.4, 0.5) is 0 Å². The fraction of sp³-hybridized carbons (Fsp3) is 0.500. The molecule has 0 saturated carbocycles. The Bertz CT molecular complexity index is 330. The number of hydrogen-bond donors (Lipinski definition) is 1. The van der Waals surface area contributed by atoms with Crippen LogP contribution in [-0.4, -0.2) is 16.3 Å². The summed E-state index contributed by atoms with van der Waals surface area (Å²) in [5.41, 5.74) is 0.971. The maximum atomic E-state index is 11.4. The lowest BCUT2D eigenvalue weighted by atomic mass is 10.2. The Morgan fingerprint density at radius 3 is 2.85 bits per heavy atom. The largest absolute Gasteiger partial charge is 0.396 e. The van der Waals surface area contributed by atoms with Crippen LogP contribution in [-0.2, 0) is 6.54 Å². The Balaban J connectivity index is 2.84. The predicted molar refractivity (Wildman–Crippen MR) is 51.7 cm³/mol. The standard InChI is InChI=1S/C10H15NO2/c1-8-3-4-11(10(13)5-8)6-9(2)7-12/h3-5,9,12H,6-7H2,1-2H3. The summed E-state index contributed by atoms with van der Waals surface area (Å²) in [6.07, 6.45) is 1.77. The third-order valence-electron chi connectivity index (χ3n) is 1.97. The van der Waals surface area contributed by atoms with Gasteiger partial charge in [0.05, 0.1) is 0 Å². The van der Waals surface area contributed by atoms with Crippen molar-refractivity contribution < 1.29 is 5.11 Å². The summed E-state index contributed by atoms with van der Waals surface area (Å²) >= 11 is 0. The van der Waals surface area contributed by atoms with E-state index in [0.29, 0.717) is 6.54 Å². The van der Waals surface area contributed by atoms with Gasteiger partial charge in [-0.25, -0.2) is 0 Å². The molecule has 3 heteroatoms. The van der Waals surface area contributed by atoms with Crippen molar-refractivity contribution in [3.05, 3.63) is 34.2 Å². The van der Waals surface area contributed by atoms with Crippen LogP contribution in [0.15, 0.2) is 23.1 Å². The summed E-state index contributed by atoms with van der Waals surface area (Å²) in [5.74, 6) is 0.125. The van der Waals surface area contributed by atoms with E-state index in [2.05, 4.69) is 0 Å². The SMILES string of the molecule is Cc1ccn(CC(C)CO)c(=O)c1. The molecule has 0 aromatic carbocycles. The molecular weight excluding hydrogens is 166 g/mol. The van der Waals surface area contributed by atoms with Crippen LogP contribution < -0.4 is 5.56 Å². The smallest absolute Gasteiger partial charge is 0.250 e. The van der Waals surface area contributed by atoms with Crippen molar-refractivity contribution >= 4 is 0 Å². The number of aliphatic hydroxyl groups is 1. The molecule has 0 amide bonds. The van der Waals surface area contributed by atoms with E-state index in [1.165, 1.54) is 0 Å². The zero-order chi connectivity index (χ0) is 9.84. The minimum atomic E-state index is 0.000278. The number of aromatic nitrogens is 1. The molecule has 1 aromatic heterocycles. The van der Waals surface area contributed by atoms with Gasteiger partial charge in [0.25, 0.3) is 5.56 Å². The van der Waals surface area contributed by atoms with Crippen molar-refractivity contribution in [3.8, 4) is 0 Å². The predicted octanol–water partition coefficient (Wildman–Crippen LogP) is 0.785. The number of rotatable bonds is 3. The van der Waals surface area contributed by atoms with E-state index in [9.17, 15) is 4.79 Å². The first kappa shape index (κ1) is 9.99. The Morgan fingerprint density at radius 2 is 2.31 bits per heavy atom. The van der Waals surface area contributed by atoms with Crippen LogP contribution in [0.1, 0.15) is 12.5 Å². The first-order chi connectivity index (χ1) is 6.13.